The summed E-state index contributed by atoms with van der Waals surface area (Å²) in [6.07, 6.45) is -0.703. The van der Waals surface area contributed by atoms with Crippen LogP contribution in [0.1, 0.15) is 5.56 Å². The van der Waals surface area contributed by atoms with Gasteiger partial charge in [0.2, 0.25) is 10.0 Å². The molecule has 3 amide bonds. The van der Waals surface area contributed by atoms with Gasteiger partial charge in [-0.05, 0) is 42.0 Å². The Kier molecular flexibility index (Phi) is 9.04. The molecule has 0 spiro atoms. The highest BCUT2D eigenvalue weighted by Gasteiger charge is 2.19. The largest absolute Gasteiger partial charge is 0.445 e. The lowest BCUT2D eigenvalue weighted by Gasteiger charge is -2.20. The van der Waals surface area contributed by atoms with Crippen molar-refractivity contribution in [2.24, 2.45) is 0 Å². The molecular weight excluding hydrogens is 470 g/mol. The first kappa shape index (κ1) is 25.5. The van der Waals surface area contributed by atoms with Gasteiger partial charge < -0.3 is 26.4 Å². The van der Waals surface area contributed by atoms with Crippen LogP contribution in [0.5, 0.6) is 0 Å². The van der Waals surface area contributed by atoms with Gasteiger partial charge in [-0.3, -0.25) is 0 Å². The number of alkyl carbamates (subject to hydrolysis) is 1. The molecule has 35 heavy (non-hydrogen) atoms. The Bertz CT molecular complexity index is 1210. The molecular formula is C24H27N5O5S. The lowest BCUT2D eigenvalue weighted by atomic mass is 10.2. The average molecular weight is 498 g/mol. The Hall–Kier alpha value is -4.09. The average Bonchev–Trinajstić information content (AvgIpc) is 2.86. The number of ether oxygens (including phenoxy) is 1. The number of nitrogens with two attached hydrogens (primary N) is 1. The van der Waals surface area contributed by atoms with Crippen molar-refractivity contribution in [1.82, 2.24) is 15.4 Å². The van der Waals surface area contributed by atoms with Crippen LogP contribution >= 0.6 is 0 Å². The van der Waals surface area contributed by atoms with Crippen molar-refractivity contribution in [3.8, 4) is 0 Å². The monoisotopic (exact) mass is 497 g/mol. The summed E-state index contributed by atoms with van der Waals surface area (Å²) >= 11 is 0. The summed E-state index contributed by atoms with van der Waals surface area (Å²) < 4.78 is 32.9. The van der Waals surface area contributed by atoms with Crippen LogP contribution in [0.2, 0.25) is 0 Å². The van der Waals surface area contributed by atoms with Gasteiger partial charge in [-0.2, -0.15) is 0 Å². The molecule has 0 aliphatic heterocycles. The SMILES string of the molecule is Nc1ccc(S(=O)(=O)NCC(CNC(=O)OCc2ccccc2)NC(=O)Nc2ccccc2)cc1. The van der Waals surface area contributed by atoms with Crippen LogP contribution in [0.15, 0.2) is 89.8 Å². The van der Waals surface area contributed by atoms with Crippen LogP contribution in [0, 0.1) is 0 Å². The van der Waals surface area contributed by atoms with E-state index in [1.54, 1.807) is 24.3 Å². The number of anilines is 2. The summed E-state index contributed by atoms with van der Waals surface area (Å²) in [5.74, 6) is 0. The van der Waals surface area contributed by atoms with E-state index in [1.165, 1.54) is 24.3 Å². The first-order valence-electron chi connectivity index (χ1n) is 10.7. The van der Waals surface area contributed by atoms with Crippen molar-refractivity contribution in [1.29, 1.82) is 0 Å². The molecule has 1 unspecified atom stereocenters. The zero-order chi connectivity index (χ0) is 25.1. The number of sulfonamides is 1. The van der Waals surface area contributed by atoms with E-state index in [9.17, 15) is 18.0 Å². The second-order valence-electron chi connectivity index (χ2n) is 7.52. The summed E-state index contributed by atoms with van der Waals surface area (Å²) in [7, 11) is -3.87. The molecule has 0 saturated carbocycles. The third-order valence-corrected chi connectivity index (χ3v) is 6.22. The highest BCUT2D eigenvalue weighted by molar-refractivity contribution is 7.89. The summed E-state index contributed by atoms with van der Waals surface area (Å²) in [6.45, 7) is -0.197. The minimum absolute atomic E-state index is 0.0226. The van der Waals surface area contributed by atoms with E-state index in [0.717, 1.165) is 5.56 Å². The molecule has 1 atom stereocenters. The van der Waals surface area contributed by atoms with Gasteiger partial charge in [0, 0.05) is 24.5 Å². The molecule has 0 aliphatic carbocycles. The molecule has 11 heteroatoms. The van der Waals surface area contributed by atoms with E-state index in [2.05, 4.69) is 20.7 Å². The quantitative estimate of drug-likeness (QED) is 0.272. The molecule has 0 aromatic heterocycles. The van der Waals surface area contributed by atoms with E-state index >= 15 is 0 Å². The number of urea groups is 1. The van der Waals surface area contributed by atoms with Gasteiger partial charge in [-0.15, -0.1) is 0 Å². The van der Waals surface area contributed by atoms with E-state index in [1.807, 2.05) is 36.4 Å². The molecule has 184 valence electrons. The van der Waals surface area contributed by atoms with Gasteiger partial charge in [0.05, 0.1) is 10.9 Å². The summed E-state index contributed by atoms with van der Waals surface area (Å²) in [5, 5.41) is 7.87. The standard InChI is InChI=1S/C24H27N5O5S/c25-19-11-13-22(14-12-19)35(32,33)27-16-21(29-23(30)28-20-9-5-2-6-10-20)15-26-24(31)34-17-18-7-3-1-4-8-18/h1-14,21,27H,15-17,25H2,(H,26,31)(H2,28,29,30). The summed E-state index contributed by atoms with van der Waals surface area (Å²) in [4.78, 5) is 24.6. The van der Waals surface area contributed by atoms with Crippen LogP contribution in [-0.4, -0.2) is 39.7 Å². The Morgan fingerprint density at radius 3 is 2.14 bits per heavy atom. The van der Waals surface area contributed by atoms with Gasteiger partial charge in [0.1, 0.15) is 6.61 Å². The number of nitrogen functional groups attached to an aromatic ring is 1. The lowest BCUT2D eigenvalue weighted by molar-refractivity contribution is 0.138. The highest BCUT2D eigenvalue weighted by atomic mass is 32.2. The van der Waals surface area contributed by atoms with Crippen molar-refractivity contribution in [2.75, 3.05) is 24.1 Å². The van der Waals surface area contributed by atoms with Crippen LogP contribution in [-0.2, 0) is 21.4 Å². The number of hydrogen-bond donors (Lipinski definition) is 5. The van der Waals surface area contributed by atoms with E-state index in [-0.39, 0.29) is 24.6 Å². The molecule has 0 fully saturated rings. The van der Waals surface area contributed by atoms with Gasteiger partial charge in [-0.25, -0.2) is 22.7 Å². The topological polar surface area (TPSA) is 152 Å². The first-order valence-corrected chi connectivity index (χ1v) is 12.2. The minimum atomic E-state index is -3.87. The number of hydrogen-bond acceptors (Lipinski definition) is 6. The third-order valence-electron chi connectivity index (χ3n) is 4.78. The number of rotatable bonds is 10. The lowest BCUT2D eigenvalue weighted by Crippen LogP contribution is -2.51. The maximum absolute atomic E-state index is 12.6. The second kappa shape index (κ2) is 12.4. The van der Waals surface area contributed by atoms with Crippen molar-refractivity contribution in [3.05, 3.63) is 90.5 Å². The van der Waals surface area contributed by atoms with Crippen molar-refractivity contribution >= 4 is 33.5 Å². The maximum Gasteiger partial charge on any atom is 0.407 e. The predicted molar refractivity (Wildman–Crippen MR) is 133 cm³/mol. The summed E-state index contributed by atoms with van der Waals surface area (Å²) in [5.41, 5.74) is 7.42. The fourth-order valence-electron chi connectivity index (χ4n) is 2.97. The summed E-state index contributed by atoms with van der Waals surface area (Å²) in [6, 6.07) is 22.2. The molecule has 0 heterocycles. The second-order valence-corrected chi connectivity index (χ2v) is 9.29. The Balaban J connectivity index is 1.59. The van der Waals surface area contributed by atoms with Crippen LogP contribution in [0.25, 0.3) is 0 Å². The third kappa shape index (κ3) is 8.65. The van der Waals surface area contributed by atoms with Crippen molar-refractivity contribution in [2.45, 2.75) is 17.5 Å². The number of carbonyl (C=O) groups excluding carboxylic acids is 2. The van der Waals surface area contributed by atoms with E-state index < -0.39 is 28.2 Å². The zero-order valence-corrected chi connectivity index (χ0v) is 19.6. The molecule has 6 N–H and O–H groups in total. The molecule has 3 rings (SSSR count). The fraction of sp³-hybridized carbons (Fsp3) is 0.167. The minimum Gasteiger partial charge on any atom is -0.445 e. The maximum atomic E-state index is 12.6. The van der Waals surface area contributed by atoms with Gasteiger partial charge in [0.15, 0.2) is 0 Å². The molecule has 0 aliphatic rings. The molecule has 0 bridgehead atoms. The Morgan fingerprint density at radius 2 is 1.49 bits per heavy atom. The molecule has 0 saturated heterocycles. The predicted octanol–water partition coefficient (Wildman–Crippen LogP) is 2.66. The number of carbonyl (C=O) groups is 2. The number of benzene rings is 3. The number of amides is 3. The molecule has 3 aromatic rings. The van der Waals surface area contributed by atoms with Crippen molar-refractivity contribution < 1.29 is 22.7 Å². The molecule has 0 radical (unpaired) electrons. The highest BCUT2D eigenvalue weighted by Crippen LogP contribution is 2.11. The van der Waals surface area contributed by atoms with E-state index in [4.69, 9.17) is 10.5 Å². The normalized spacial score (nSPS) is 11.8. The first-order chi connectivity index (χ1) is 16.8. The number of nitrogens with one attached hydrogen (secondary N) is 4. The van der Waals surface area contributed by atoms with E-state index in [0.29, 0.717) is 11.4 Å². The fourth-order valence-corrected chi connectivity index (χ4v) is 4.05. The van der Waals surface area contributed by atoms with Crippen molar-refractivity contribution in [3.63, 3.8) is 0 Å². The Morgan fingerprint density at radius 1 is 0.857 bits per heavy atom. The van der Waals surface area contributed by atoms with Crippen LogP contribution in [0.3, 0.4) is 0 Å². The molecule has 3 aromatic carbocycles. The zero-order valence-electron chi connectivity index (χ0n) is 18.8. The van der Waals surface area contributed by atoms with Gasteiger partial charge in [0.25, 0.3) is 0 Å². The Labute approximate surface area is 203 Å². The smallest absolute Gasteiger partial charge is 0.407 e. The number of para-hydroxylation sites is 1. The van der Waals surface area contributed by atoms with Gasteiger partial charge >= 0.3 is 12.1 Å². The van der Waals surface area contributed by atoms with Crippen LogP contribution in [0.4, 0.5) is 21.0 Å². The van der Waals surface area contributed by atoms with Crippen LogP contribution < -0.4 is 26.4 Å². The molecule has 10 nitrogen and oxygen atoms in total. The van der Waals surface area contributed by atoms with Gasteiger partial charge in [-0.1, -0.05) is 48.5 Å².